The normalized spacial score (nSPS) is 22.1. The lowest BCUT2D eigenvalue weighted by molar-refractivity contribution is -0.128. The molecule has 0 spiro atoms. The maximum Gasteiger partial charge on any atom is 0.240 e. The molecule has 1 rings (SSSR count). The van der Waals surface area contributed by atoms with Gasteiger partial charge in [-0.1, -0.05) is 12.8 Å². The molecule has 2 atom stereocenters. The van der Waals surface area contributed by atoms with E-state index in [2.05, 4.69) is 11.4 Å². The molecule has 1 amide bonds. The van der Waals surface area contributed by atoms with Crippen LogP contribution < -0.4 is 5.32 Å². The number of nitrogens with zero attached hydrogens (tertiary/aromatic N) is 1. The van der Waals surface area contributed by atoms with Gasteiger partial charge >= 0.3 is 0 Å². The van der Waals surface area contributed by atoms with Gasteiger partial charge in [0.1, 0.15) is 5.41 Å². The van der Waals surface area contributed by atoms with Gasteiger partial charge in [-0.25, -0.2) is 0 Å². The number of hydrogen-bond donors (Lipinski definition) is 1. The summed E-state index contributed by atoms with van der Waals surface area (Å²) >= 11 is 0. The molecule has 1 N–H and O–H groups in total. The predicted molar refractivity (Wildman–Crippen MR) is 63.1 cm³/mol. The van der Waals surface area contributed by atoms with Crippen molar-refractivity contribution < 1.29 is 9.00 Å². The molecule has 0 radical (unpaired) electrons. The van der Waals surface area contributed by atoms with Gasteiger partial charge in [0.05, 0.1) is 6.07 Å². The molecule has 5 heteroatoms. The van der Waals surface area contributed by atoms with Crippen LogP contribution in [0.5, 0.6) is 0 Å². The highest BCUT2D eigenvalue weighted by Gasteiger charge is 2.41. The zero-order valence-electron chi connectivity index (χ0n) is 9.78. The van der Waals surface area contributed by atoms with Crippen LogP contribution in [0.25, 0.3) is 0 Å². The number of nitriles is 1. The molecular formula is C11H18N2O2S. The van der Waals surface area contributed by atoms with Crippen LogP contribution in [0.15, 0.2) is 0 Å². The monoisotopic (exact) mass is 242 g/mol. The summed E-state index contributed by atoms with van der Waals surface area (Å²) in [5, 5.41) is 11.9. The van der Waals surface area contributed by atoms with Crippen LogP contribution in [-0.2, 0) is 15.6 Å². The van der Waals surface area contributed by atoms with Crippen LogP contribution in [0.1, 0.15) is 32.6 Å². The summed E-state index contributed by atoms with van der Waals surface area (Å²) < 4.78 is 11.0. The Bertz CT molecular complexity index is 329. The number of carbonyl (C=O) groups excluding carboxylic acids is 1. The van der Waals surface area contributed by atoms with E-state index in [0.717, 1.165) is 12.8 Å². The predicted octanol–water partition coefficient (Wildman–Crippen LogP) is 0.954. The minimum atomic E-state index is -0.927. The fraction of sp³-hybridized carbons (Fsp3) is 0.818. The minimum absolute atomic E-state index is 0.135. The van der Waals surface area contributed by atoms with E-state index in [4.69, 9.17) is 5.26 Å². The van der Waals surface area contributed by atoms with Crippen LogP contribution in [-0.4, -0.2) is 28.2 Å². The largest absolute Gasteiger partial charge is 0.351 e. The molecule has 90 valence electrons. The lowest BCUT2D eigenvalue weighted by atomic mass is 9.87. The van der Waals surface area contributed by atoms with Crippen molar-refractivity contribution in [3.63, 3.8) is 0 Å². The first-order valence-corrected chi connectivity index (χ1v) is 7.25. The van der Waals surface area contributed by atoms with Crippen LogP contribution in [0.4, 0.5) is 0 Å². The van der Waals surface area contributed by atoms with Crippen molar-refractivity contribution in [3.05, 3.63) is 0 Å². The zero-order valence-corrected chi connectivity index (χ0v) is 10.6. The van der Waals surface area contributed by atoms with Crippen molar-refractivity contribution in [3.8, 4) is 6.07 Å². The molecule has 1 fully saturated rings. The molecule has 1 aliphatic rings. The van der Waals surface area contributed by atoms with Crippen molar-refractivity contribution in [2.24, 2.45) is 5.41 Å². The van der Waals surface area contributed by atoms with E-state index in [1.807, 2.05) is 6.92 Å². The molecule has 2 unspecified atom stereocenters. The molecule has 0 aromatic heterocycles. The first-order valence-electron chi connectivity index (χ1n) is 5.52. The lowest BCUT2D eigenvalue weighted by Gasteiger charge is -2.22. The molecular weight excluding hydrogens is 224 g/mol. The summed E-state index contributed by atoms with van der Waals surface area (Å²) in [5.74, 6) is 0.248. The number of hydrogen-bond acceptors (Lipinski definition) is 3. The Balaban J connectivity index is 2.57. The van der Waals surface area contributed by atoms with Gasteiger partial charge in [-0.3, -0.25) is 9.00 Å². The second kappa shape index (κ2) is 5.44. The Labute approximate surface area is 98.9 Å². The summed E-state index contributed by atoms with van der Waals surface area (Å²) in [6, 6.07) is 2.01. The van der Waals surface area contributed by atoms with Gasteiger partial charge in [-0.05, 0) is 19.8 Å². The third-order valence-electron chi connectivity index (χ3n) is 2.97. The molecule has 0 aromatic carbocycles. The Morgan fingerprint density at radius 1 is 1.56 bits per heavy atom. The van der Waals surface area contributed by atoms with E-state index in [-0.39, 0.29) is 11.9 Å². The third kappa shape index (κ3) is 3.05. The van der Waals surface area contributed by atoms with E-state index in [1.165, 1.54) is 0 Å². The summed E-state index contributed by atoms with van der Waals surface area (Å²) in [4.78, 5) is 12.0. The zero-order chi connectivity index (χ0) is 12.2. The Morgan fingerprint density at radius 3 is 2.56 bits per heavy atom. The van der Waals surface area contributed by atoms with Crippen LogP contribution in [0.2, 0.25) is 0 Å². The minimum Gasteiger partial charge on any atom is -0.351 e. The van der Waals surface area contributed by atoms with Gasteiger partial charge in [0.25, 0.3) is 0 Å². The van der Waals surface area contributed by atoms with Crippen LogP contribution in [0, 0.1) is 16.7 Å². The fourth-order valence-corrected chi connectivity index (χ4v) is 2.91. The summed E-state index contributed by atoms with van der Waals surface area (Å²) in [7, 11) is -0.927. The summed E-state index contributed by atoms with van der Waals surface area (Å²) in [5.41, 5.74) is -0.830. The molecule has 1 aliphatic carbocycles. The number of nitrogens with one attached hydrogen (secondary N) is 1. The van der Waals surface area contributed by atoms with Crippen molar-refractivity contribution in [2.75, 3.05) is 12.0 Å². The fourth-order valence-electron chi connectivity index (χ4n) is 2.12. The summed E-state index contributed by atoms with van der Waals surface area (Å²) in [6.45, 7) is 1.82. The molecule has 0 heterocycles. The number of rotatable bonds is 4. The van der Waals surface area contributed by atoms with Gasteiger partial charge in [0.2, 0.25) is 5.91 Å². The average molecular weight is 242 g/mol. The molecule has 0 aromatic rings. The van der Waals surface area contributed by atoms with Crippen molar-refractivity contribution in [2.45, 2.75) is 38.6 Å². The van der Waals surface area contributed by atoms with Crippen molar-refractivity contribution >= 4 is 16.7 Å². The van der Waals surface area contributed by atoms with E-state index in [9.17, 15) is 9.00 Å². The molecule has 4 nitrogen and oxygen atoms in total. The highest BCUT2D eigenvalue weighted by atomic mass is 32.2. The molecule has 0 aliphatic heterocycles. The van der Waals surface area contributed by atoms with Crippen molar-refractivity contribution in [1.82, 2.24) is 5.32 Å². The smallest absolute Gasteiger partial charge is 0.240 e. The third-order valence-corrected chi connectivity index (χ3v) is 3.94. The van der Waals surface area contributed by atoms with Gasteiger partial charge in [-0.15, -0.1) is 0 Å². The number of carbonyl (C=O) groups is 1. The maximum atomic E-state index is 12.0. The van der Waals surface area contributed by atoms with Gasteiger partial charge < -0.3 is 5.32 Å². The Hall–Kier alpha value is -0.890. The van der Waals surface area contributed by atoms with Gasteiger partial charge in [0, 0.05) is 28.9 Å². The van der Waals surface area contributed by atoms with E-state index < -0.39 is 16.2 Å². The molecule has 1 saturated carbocycles. The van der Waals surface area contributed by atoms with Crippen LogP contribution in [0.3, 0.4) is 0 Å². The standard InChI is InChI=1S/C11H18N2O2S/c1-9(7-16(2)15)13-10(14)11(8-12)5-3-4-6-11/h9H,3-7H2,1-2H3,(H,13,14). The first-order chi connectivity index (χ1) is 7.50. The topological polar surface area (TPSA) is 70.0 Å². The van der Waals surface area contributed by atoms with Gasteiger partial charge in [0.15, 0.2) is 0 Å². The van der Waals surface area contributed by atoms with E-state index in [0.29, 0.717) is 18.6 Å². The maximum absolute atomic E-state index is 12.0. The Kier molecular flexibility index (Phi) is 4.48. The van der Waals surface area contributed by atoms with Crippen molar-refractivity contribution in [1.29, 1.82) is 5.26 Å². The average Bonchev–Trinajstić information content (AvgIpc) is 2.65. The molecule has 0 saturated heterocycles. The lowest BCUT2D eigenvalue weighted by Crippen LogP contribution is -2.44. The first kappa shape index (κ1) is 13.2. The van der Waals surface area contributed by atoms with Crippen LogP contribution >= 0.6 is 0 Å². The highest BCUT2D eigenvalue weighted by molar-refractivity contribution is 7.84. The summed E-state index contributed by atoms with van der Waals surface area (Å²) in [6.07, 6.45) is 4.79. The Morgan fingerprint density at radius 2 is 2.12 bits per heavy atom. The van der Waals surface area contributed by atoms with E-state index >= 15 is 0 Å². The molecule has 16 heavy (non-hydrogen) atoms. The SMILES string of the molecule is CC(CS(C)=O)NC(=O)C1(C#N)CCCC1. The van der Waals surface area contributed by atoms with E-state index in [1.54, 1.807) is 6.26 Å². The quantitative estimate of drug-likeness (QED) is 0.798. The highest BCUT2D eigenvalue weighted by Crippen LogP contribution is 2.37. The molecule has 0 bridgehead atoms. The second-order valence-electron chi connectivity index (χ2n) is 4.52. The second-order valence-corrected chi connectivity index (χ2v) is 6.00. The van der Waals surface area contributed by atoms with Gasteiger partial charge in [-0.2, -0.15) is 5.26 Å². The number of amides is 1.